The van der Waals surface area contributed by atoms with Crippen molar-refractivity contribution in [2.45, 2.75) is 6.42 Å². The molecule has 0 saturated heterocycles. The quantitative estimate of drug-likeness (QED) is 0.620. The lowest BCUT2D eigenvalue weighted by Gasteiger charge is -2.27. The molecule has 2 aliphatic rings. The number of carboxylic acids is 1. The van der Waals surface area contributed by atoms with Crippen LogP contribution in [0.5, 0.6) is 5.75 Å². The third-order valence-electron chi connectivity index (χ3n) is 4.20. The van der Waals surface area contributed by atoms with E-state index in [0.29, 0.717) is 12.1 Å². The third-order valence-corrected chi connectivity index (χ3v) is 4.20. The van der Waals surface area contributed by atoms with Gasteiger partial charge in [0.15, 0.2) is 0 Å². The number of nitrogens with one attached hydrogen (secondary N) is 1. The average molecular weight is 272 g/mol. The first-order valence-corrected chi connectivity index (χ1v) is 6.56. The van der Waals surface area contributed by atoms with E-state index in [-0.39, 0.29) is 23.5 Å². The summed E-state index contributed by atoms with van der Waals surface area (Å²) in [5.74, 6) is -3.19. The zero-order chi connectivity index (χ0) is 14.3. The fourth-order valence-electron chi connectivity index (χ4n) is 3.30. The van der Waals surface area contributed by atoms with Gasteiger partial charge in [-0.05, 0) is 30.4 Å². The van der Waals surface area contributed by atoms with Crippen LogP contribution >= 0.6 is 0 Å². The van der Waals surface area contributed by atoms with Crippen LogP contribution in [0.2, 0.25) is 0 Å². The van der Waals surface area contributed by atoms with Crippen LogP contribution in [0.1, 0.15) is 6.42 Å². The zero-order valence-corrected chi connectivity index (χ0v) is 10.7. The number of phenols is 1. The van der Waals surface area contributed by atoms with Crippen molar-refractivity contribution >= 4 is 17.6 Å². The highest BCUT2D eigenvalue weighted by atomic mass is 16.4. The lowest BCUT2D eigenvalue weighted by Crippen LogP contribution is -2.42. The second-order valence-electron chi connectivity index (χ2n) is 5.33. The number of fused-ring (bicyclic) bond motifs is 2. The maximum absolute atomic E-state index is 12.3. The van der Waals surface area contributed by atoms with Crippen molar-refractivity contribution in [2.24, 2.45) is 23.7 Å². The average Bonchev–Trinajstić information content (AvgIpc) is 3.01. The van der Waals surface area contributed by atoms with Crippen LogP contribution in [0.4, 0.5) is 5.69 Å². The molecule has 0 radical (unpaired) electrons. The summed E-state index contributed by atoms with van der Waals surface area (Å²) in [5.41, 5.74) is 0.293. The van der Waals surface area contributed by atoms with Gasteiger partial charge in [-0.15, -0.1) is 0 Å². The molecule has 0 aliphatic heterocycles. The Bertz CT molecular complexity index is 595. The Morgan fingerprint density at radius 1 is 1.15 bits per heavy atom. The number of carbonyl (C=O) groups is 2. The number of carboxylic acid groups (broad SMARTS) is 1. The summed E-state index contributed by atoms with van der Waals surface area (Å²) in [4.78, 5) is 23.6. The first kappa shape index (κ1) is 12.7. The predicted octanol–water partition coefficient (Wildman–Crippen LogP) is 0.519. The molecule has 1 saturated carbocycles. The maximum Gasteiger partial charge on any atom is 0.228 e. The third kappa shape index (κ3) is 1.95. The summed E-state index contributed by atoms with van der Waals surface area (Å²) in [5, 5.41) is 23.5. The minimum absolute atomic E-state index is 0.0375. The number of allylic oxidation sites excluding steroid dienone is 2. The number of hydrogen-bond donors (Lipinski definition) is 2. The maximum atomic E-state index is 12.3. The lowest BCUT2D eigenvalue weighted by molar-refractivity contribution is -0.313. The summed E-state index contributed by atoms with van der Waals surface area (Å²) < 4.78 is 0. The number of carbonyl (C=O) groups excluding carboxylic acids is 2. The summed E-state index contributed by atoms with van der Waals surface area (Å²) in [7, 11) is 0. The van der Waals surface area contributed by atoms with Gasteiger partial charge in [-0.2, -0.15) is 0 Å². The molecule has 2 bridgehead atoms. The van der Waals surface area contributed by atoms with Crippen molar-refractivity contribution in [3.8, 4) is 5.75 Å². The van der Waals surface area contributed by atoms with Gasteiger partial charge in [-0.1, -0.05) is 24.3 Å². The smallest absolute Gasteiger partial charge is 0.228 e. The monoisotopic (exact) mass is 272 g/mol. The molecule has 1 fully saturated rings. The Hall–Kier alpha value is -2.30. The van der Waals surface area contributed by atoms with Gasteiger partial charge in [0.05, 0.1) is 11.6 Å². The topological polar surface area (TPSA) is 89.5 Å². The van der Waals surface area contributed by atoms with E-state index in [1.807, 2.05) is 12.2 Å². The van der Waals surface area contributed by atoms with Gasteiger partial charge in [-0.25, -0.2) is 0 Å². The Kier molecular flexibility index (Phi) is 2.97. The number of amides is 1. The van der Waals surface area contributed by atoms with Crippen LogP contribution in [-0.4, -0.2) is 17.0 Å². The number of rotatable bonds is 3. The molecule has 104 valence electrons. The first-order chi connectivity index (χ1) is 9.58. The Morgan fingerprint density at radius 3 is 2.45 bits per heavy atom. The standard InChI is InChI=1S/C15H15NO4/c17-11-4-2-1-3-10(11)16-14(18)12-8-5-6-9(7-8)13(12)15(19)20/h1-6,8-9,12-13,17H,7H2,(H,16,18)(H,19,20)/p-1/t8-,9-,12+,13-/m0/s1. The molecule has 4 atom stereocenters. The molecule has 5 nitrogen and oxygen atoms in total. The van der Waals surface area contributed by atoms with Crippen LogP contribution < -0.4 is 10.4 Å². The largest absolute Gasteiger partial charge is 0.550 e. The Morgan fingerprint density at radius 2 is 1.80 bits per heavy atom. The molecule has 1 aromatic rings. The van der Waals surface area contributed by atoms with E-state index in [1.165, 1.54) is 6.07 Å². The van der Waals surface area contributed by atoms with E-state index >= 15 is 0 Å². The molecular formula is C15H14NO4-. The predicted molar refractivity (Wildman–Crippen MR) is 69.5 cm³/mol. The number of hydrogen-bond acceptors (Lipinski definition) is 4. The van der Waals surface area contributed by atoms with Crippen molar-refractivity contribution in [1.29, 1.82) is 0 Å². The number of aromatic hydroxyl groups is 1. The van der Waals surface area contributed by atoms with Gasteiger partial charge < -0.3 is 20.3 Å². The minimum atomic E-state index is -1.18. The minimum Gasteiger partial charge on any atom is -0.550 e. The first-order valence-electron chi connectivity index (χ1n) is 6.56. The van der Waals surface area contributed by atoms with Gasteiger partial charge in [0.1, 0.15) is 5.75 Å². The summed E-state index contributed by atoms with van der Waals surface area (Å²) in [6.07, 6.45) is 4.44. The van der Waals surface area contributed by atoms with Gasteiger partial charge in [0, 0.05) is 11.9 Å². The summed E-state index contributed by atoms with van der Waals surface area (Å²) >= 11 is 0. The molecule has 0 spiro atoms. The summed E-state index contributed by atoms with van der Waals surface area (Å²) in [6.45, 7) is 0. The fourth-order valence-corrected chi connectivity index (χ4v) is 3.30. The zero-order valence-electron chi connectivity index (χ0n) is 10.7. The number of phenolic OH excluding ortho intramolecular Hbond substituents is 1. The van der Waals surface area contributed by atoms with Gasteiger partial charge in [-0.3, -0.25) is 4.79 Å². The van der Waals surface area contributed by atoms with Crippen LogP contribution in [0.3, 0.4) is 0 Å². The van der Waals surface area contributed by atoms with E-state index in [0.717, 1.165) is 0 Å². The number of para-hydroxylation sites is 2. The normalized spacial score (nSPS) is 30.4. The Balaban J connectivity index is 1.82. The van der Waals surface area contributed by atoms with Crippen molar-refractivity contribution in [1.82, 2.24) is 0 Å². The molecule has 3 rings (SSSR count). The molecule has 2 aliphatic carbocycles. The van der Waals surface area contributed by atoms with E-state index < -0.39 is 17.8 Å². The molecule has 2 N–H and O–H groups in total. The number of benzene rings is 1. The summed E-state index contributed by atoms with van der Waals surface area (Å²) in [6, 6.07) is 6.37. The van der Waals surface area contributed by atoms with E-state index in [2.05, 4.69) is 5.32 Å². The van der Waals surface area contributed by atoms with Crippen LogP contribution in [0.25, 0.3) is 0 Å². The molecule has 0 aromatic heterocycles. The molecular weight excluding hydrogens is 258 g/mol. The van der Waals surface area contributed by atoms with Crippen LogP contribution in [0, 0.1) is 23.7 Å². The van der Waals surface area contributed by atoms with Gasteiger partial charge in [0.25, 0.3) is 0 Å². The lowest BCUT2D eigenvalue weighted by atomic mass is 9.82. The molecule has 5 heteroatoms. The number of aliphatic carboxylic acids is 1. The molecule has 1 aromatic carbocycles. The Labute approximate surface area is 115 Å². The van der Waals surface area contributed by atoms with E-state index in [4.69, 9.17) is 0 Å². The van der Waals surface area contributed by atoms with E-state index in [9.17, 15) is 19.8 Å². The van der Waals surface area contributed by atoms with Crippen molar-refractivity contribution < 1.29 is 19.8 Å². The molecule has 20 heavy (non-hydrogen) atoms. The highest BCUT2D eigenvalue weighted by Crippen LogP contribution is 2.48. The second kappa shape index (κ2) is 4.67. The van der Waals surface area contributed by atoms with Crippen molar-refractivity contribution in [3.63, 3.8) is 0 Å². The molecule has 0 heterocycles. The highest BCUT2D eigenvalue weighted by Gasteiger charge is 2.48. The SMILES string of the molecule is O=C([O-])[C@@H]1[C@H](C(=O)Nc2ccccc2O)[C@H]2C=C[C@H]1C2. The van der Waals surface area contributed by atoms with E-state index in [1.54, 1.807) is 18.2 Å². The fraction of sp³-hybridized carbons (Fsp3) is 0.333. The highest BCUT2D eigenvalue weighted by molar-refractivity contribution is 5.97. The second-order valence-corrected chi connectivity index (χ2v) is 5.33. The molecule has 1 amide bonds. The van der Waals surface area contributed by atoms with Crippen molar-refractivity contribution in [3.05, 3.63) is 36.4 Å². The van der Waals surface area contributed by atoms with Gasteiger partial charge >= 0.3 is 0 Å². The number of anilines is 1. The van der Waals surface area contributed by atoms with Crippen LogP contribution in [-0.2, 0) is 9.59 Å². The molecule has 0 unspecified atom stereocenters. The van der Waals surface area contributed by atoms with Gasteiger partial charge in [0.2, 0.25) is 5.91 Å². The van der Waals surface area contributed by atoms with Crippen LogP contribution in [0.15, 0.2) is 36.4 Å². The van der Waals surface area contributed by atoms with Crippen molar-refractivity contribution in [2.75, 3.05) is 5.32 Å².